The highest BCUT2D eigenvalue weighted by Crippen LogP contribution is 2.30. The first-order valence-corrected chi connectivity index (χ1v) is 5.42. The second-order valence-electron chi connectivity index (χ2n) is 3.90. The summed E-state index contributed by atoms with van der Waals surface area (Å²) >= 11 is 0. The molecule has 0 spiro atoms. The molecule has 19 heavy (non-hydrogen) atoms. The van der Waals surface area contributed by atoms with Crippen molar-refractivity contribution in [1.29, 1.82) is 0 Å². The van der Waals surface area contributed by atoms with Gasteiger partial charge in [-0.25, -0.2) is 5.43 Å². The molecule has 2 rings (SSSR count). The summed E-state index contributed by atoms with van der Waals surface area (Å²) in [6.07, 6.45) is -1.35. The van der Waals surface area contributed by atoms with Crippen molar-refractivity contribution >= 4 is 0 Å². The van der Waals surface area contributed by atoms with Gasteiger partial charge in [0, 0.05) is 6.20 Å². The van der Waals surface area contributed by atoms with Crippen molar-refractivity contribution in [2.24, 2.45) is 5.84 Å². The van der Waals surface area contributed by atoms with E-state index in [0.29, 0.717) is 5.56 Å². The van der Waals surface area contributed by atoms with E-state index in [2.05, 4.69) is 15.6 Å². The fourth-order valence-electron chi connectivity index (χ4n) is 1.72. The molecule has 0 aliphatic heterocycles. The standard InChI is InChI=1S/C12H11F3N4/c13-12(14,15)10-3-1-8(2-4-10)11(19-16)9-5-6-17-18-7-9/h1-7,11,19H,16H2. The highest BCUT2D eigenvalue weighted by molar-refractivity contribution is 5.32. The van der Waals surface area contributed by atoms with Gasteiger partial charge < -0.3 is 0 Å². The molecule has 7 heteroatoms. The first-order chi connectivity index (χ1) is 9.02. The summed E-state index contributed by atoms with van der Waals surface area (Å²) in [7, 11) is 0. The number of hydrogen-bond donors (Lipinski definition) is 2. The van der Waals surface area contributed by atoms with E-state index in [1.165, 1.54) is 24.5 Å². The van der Waals surface area contributed by atoms with E-state index in [4.69, 9.17) is 5.84 Å². The second-order valence-corrected chi connectivity index (χ2v) is 3.90. The van der Waals surface area contributed by atoms with Crippen LogP contribution in [0.1, 0.15) is 22.7 Å². The zero-order valence-corrected chi connectivity index (χ0v) is 9.72. The van der Waals surface area contributed by atoms with Crippen LogP contribution >= 0.6 is 0 Å². The first kappa shape index (κ1) is 13.4. The molecule has 1 heterocycles. The Morgan fingerprint density at radius 2 is 1.68 bits per heavy atom. The van der Waals surface area contributed by atoms with Gasteiger partial charge in [-0.05, 0) is 29.3 Å². The molecule has 0 aliphatic carbocycles. The quantitative estimate of drug-likeness (QED) is 0.660. The predicted octanol–water partition coefficient (Wildman–Crippen LogP) is 2.05. The minimum Gasteiger partial charge on any atom is -0.271 e. The number of rotatable bonds is 3. The SMILES string of the molecule is NNC(c1ccc(C(F)(F)F)cc1)c1ccnnc1. The number of hydrogen-bond acceptors (Lipinski definition) is 4. The Kier molecular flexibility index (Phi) is 3.77. The largest absolute Gasteiger partial charge is 0.416 e. The molecule has 0 fully saturated rings. The average molecular weight is 268 g/mol. The zero-order valence-electron chi connectivity index (χ0n) is 9.72. The third kappa shape index (κ3) is 3.07. The fourth-order valence-corrected chi connectivity index (χ4v) is 1.72. The van der Waals surface area contributed by atoms with Gasteiger partial charge in [0.25, 0.3) is 0 Å². The van der Waals surface area contributed by atoms with E-state index < -0.39 is 17.8 Å². The van der Waals surface area contributed by atoms with Crippen LogP contribution in [0.15, 0.2) is 42.7 Å². The highest BCUT2D eigenvalue weighted by Gasteiger charge is 2.30. The minimum absolute atomic E-state index is 0.433. The topological polar surface area (TPSA) is 63.8 Å². The Bertz CT molecular complexity index is 525. The molecule has 100 valence electrons. The van der Waals surface area contributed by atoms with Crippen LogP contribution in [-0.4, -0.2) is 10.2 Å². The van der Waals surface area contributed by atoms with Crippen molar-refractivity contribution in [3.63, 3.8) is 0 Å². The molecule has 1 unspecified atom stereocenters. The van der Waals surface area contributed by atoms with Crippen molar-refractivity contribution in [1.82, 2.24) is 15.6 Å². The number of hydrazine groups is 1. The molecule has 0 radical (unpaired) electrons. The monoisotopic (exact) mass is 268 g/mol. The number of nitrogens with zero attached hydrogens (tertiary/aromatic N) is 2. The van der Waals surface area contributed by atoms with E-state index in [9.17, 15) is 13.2 Å². The van der Waals surface area contributed by atoms with Crippen molar-refractivity contribution in [2.45, 2.75) is 12.2 Å². The molecule has 0 aliphatic rings. The molecule has 1 aromatic carbocycles. The number of benzene rings is 1. The summed E-state index contributed by atoms with van der Waals surface area (Å²) in [5, 5.41) is 7.35. The van der Waals surface area contributed by atoms with Crippen LogP contribution in [0.5, 0.6) is 0 Å². The Morgan fingerprint density at radius 1 is 1.00 bits per heavy atom. The molecule has 0 bridgehead atoms. The number of nitrogens with one attached hydrogen (secondary N) is 1. The zero-order chi connectivity index (χ0) is 13.9. The van der Waals surface area contributed by atoms with Crippen molar-refractivity contribution in [3.8, 4) is 0 Å². The average Bonchev–Trinajstić information content (AvgIpc) is 2.40. The van der Waals surface area contributed by atoms with E-state index in [1.54, 1.807) is 6.07 Å². The second kappa shape index (κ2) is 5.33. The third-order valence-corrected chi connectivity index (χ3v) is 2.68. The lowest BCUT2D eigenvalue weighted by molar-refractivity contribution is -0.137. The van der Waals surface area contributed by atoms with Crippen LogP contribution in [0.3, 0.4) is 0 Å². The molecule has 1 aromatic heterocycles. The lowest BCUT2D eigenvalue weighted by atomic mass is 10.00. The Hall–Kier alpha value is -1.99. The van der Waals surface area contributed by atoms with Crippen LogP contribution in [-0.2, 0) is 6.18 Å². The normalized spacial score (nSPS) is 13.3. The lowest BCUT2D eigenvalue weighted by Crippen LogP contribution is -2.29. The minimum atomic E-state index is -4.34. The van der Waals surface area contributed by atoms with Crippen LogP contribution in [0.2, 0.25) is 0 Å². The summed E-state index contributed by atoms with van der Waals surface area (Å²) < 4.78 is 37.4. The van der Waals surface area contributed by atoms with E-state index >= 15 is 0 Å². The molecule has 0 saturated carbocycles. The number of alkyl halides is 3. The summed E-state index contributed by atoms with van der Waals surface area (Å²) in [6.45, 7) is 0. The van der Waals surface area contributed by atoms with E-state index in [1.807, 2.05) is 0 Å². The van der Waals surface area contributed by atoms with Gasteiger partial charge in [-0.1, -0.05) is 12.1 Å². The van der Waals surface area contributed by atoms with Crippen LogP contribution in [0.4, 0.5) is 13.2 Å². The smallest absolute Gasteiger partial charge is 0.271 e. The van der Waals surface area contributed by atoms with Gasteiger partial charge in [-0.2, -0.15) is 23.4 Å². The summed E-state index contributed by atoms with van der Waals surface area (Å²) in [4.78, 5) is 0. The molecule has 3 N–H and O–H groups in total. The van der Waals surface area contributed by atoms with E-state index in [-0.39, 0.29) is 0 Å². The Labute approximate surface area is 107 Å². The molecule has 2 aromatic rings. The third-order valence-electron chi connectivity index (χ3n) is 2.68. The van der Waals surface area contributed by atoms with Gasteiger partial charge in [-0.3, -0.25) is 5.84 Å². The van der Waals surface area contributed by atoms with Crippen LogP contribution < -0.4 is 11.3 Å². The van der Waals surface area contributed by atoms with Gasteiger partial charge in [0.1, 0.15) is 0 Å². The summed E-state index contributed by atoms with van der Waals surface area (Å²) in [5.74, 6) is 5.44. The van der Waals surface area contributed by atoms with Crippen LogP contribution in [0.25, 0.3) is 0 Å². The van der Waals surface area contributed by atoms with Gasteiger partial charge in [-0.15, -0.1) is 0 Å². The maximum absolute atomic E-state index is 12.5. The molecule has 0 saturated heterocycles. The predicted molar refractivity (Wildman–Crippen MR) is 62.6 cm³/mol. The van der Waals surface area contributed by atoms with Crippen molar-refractivity contribution in [3.05, 3.63) is 59.4 Å². The molecule has 0 amide bonds. The van der Waals surface area contributed by atoms with Gasteiger partial charge in [0.05, 0.1) is 17.8 Å². The first-order valence-electron chi connectivity index (χ1n) is 5.42. The summed E-state index contributed by atoms with van der Waals surface area (Å²) in [5.41, 5.74) is 3.18. The molecular formula is C12H11F3N4. The number of halogens is 3. The maximum atomic E-state index is 12.5. The van der Waals surface area contributed by atoms with E-state index in [0.717, 1.165) is 17.7 Å². The highest BCUT2D eigenvalue weighted by atomic mass is 19.4. The Balaban J connectivity index is 2.30. The van der Waals surface area contributed by atoms with Crippen molar-refractivity contribution in [2.75, 3.05) is 0 Å². The molecule has 4 nitrogen and oxygen atoms in total. The number of aromatic nitrogens is 2. The molecular weight excluding hydrogens is 257 g/mol. The van der Waals surface area contributed by atoms with Gasteiger partial charge >= 0.3 is 6.18 Å². The van der Waals surface area contributed by atoms with Gasteiger partial charge in [0.15, 0.2) is 0 Å². The lowest BCUT2D eigenvalue weighted by Gasteiger charge is -2.17. The van der Waals surface area contributed by atoms with Crippen LogP contribution in [0, 0.1) is 0 Å². The van der Waals surface area contributed by atoms with Gasteiger partial charge in [0.2, 0.25) is 0 Å². The summed E-state index contributed by atoms with van der Waals surface area (Å²) in [6, 6.07) is 6.07. The maximum Gasteiger partial charge on any atom is 0.416 e. The van der Waals surface area contributed by atoms with Crippen molar-refractivity contribution < 1.29 is 13.2 Å². The Morgan fingerprint density at radius 3 is 2.16 bits per heavy atom. The molecule has 1 atom stereocenters. The fraction of sp³-hybridized carbons (Fsp3) is 0.167. The number of nitrogens with two attached hydrogens (primary N) is 1.